The van der Waals surface area contributed by atoms with E-state index in [1.807, 2.05) is 50.2 Å². The van der Waals surface area contributed by atoms with E-state index in [2.05, 4.69) is 15.3 Å². The van der Waals surface area contributed by atoms with Crippen LogP contribution >= 0.6 is 0 Å². The lowest BCUT2D eigenvalue weighted by Crippen LogP contribution is -2.29. The maximum atomic E-state index is 13.6. The van der Waals surface area contributed by atoms with Gasteiger partial charge < -0.3 is 16.2 Å². The Bertz CT molecular complexity index is 1540. The molecule has 4 N–H and O–H groups in total. The number of anilines is 2. The smallest absolute Gasteiger partial charge is 0.282 e. The number of nitrogens with two attached hydrogens (primary N) is 1. The monoisotopic (exact) mass is 453 g/mol. The Labute approximate surface area is 195 Å². The summed E-state index contributed by atoms with van der Waals surface area (Å²) < 4.78 is 3.23. The molecule has 0 fully saturated rings. The summed E-state index contributed by atoms with van der Waals surface area (Å²) in [6.07, 6.45) is 3.16. The molecule has 0 aliphatic rings. The van der Waals surface area contributed by atoms with E-state index in [1.165, 1.54) is 6.33 Å². The van der Waals surface area contributed by atoms with E-state index in [0.29, 0.717) is 34.2 Å². The number of aromatic nitrogens is 5. The number of rotatable bonds is 5. The summed E-state index contributed by atoms with van der Waals surface area (Å²) in [5.74, 6) is 1.44. The fourth-order valence-electron chi connectivity index (χ4n) is 4.03. The maximum Gasteiger partial charge on any atom is 0.282 e. The fourth-order valence-corrected chi connectivity index (χ4v) is 4.03. The molecule has 0 amide bonds. The number of aryl methyl sites for hydroxylation is 1. The van der Waals surface area contributed by atoms with Crippen molar-refractivity contribution >= 4 is 17.2 Å². The van der Waals surface area contributed by atoms with Gasteiger partial charge in [0.1, 0.15) is 29.2 Å². The molecule has 3 aromatic heterocycles. The summed E-state index contributed by atoms with van der Waals surface area (Å²) in [5, 5.41) is 17.8. The minimum Gasteiger partial charge on any atom is -0.508 e. The third kappa shape index (κ3) is 3.62. The van der Waals surface area contributed by atoms with E-state index in [0.717, 1.165) is 11.1 Å². The van der Waals surface area contributed by atoms with Crippen LogP contribution in [0.4, 0.5) is 11.6 Å². The van der Waals surface area contributed by atoms with E-state index in [-0.39, 0.29) is 11.3 Å². The van der Waals surface area contributed by atoms with Crippen LogP contribution in [0, 0.1) is 6.92 Å². The molecule has 170 valence electrons. The fraction of sp³-hybridized carbons (Fsp3) is 0.120. The van der Waals surface area contributed by atoms with Gasteiger partial charge in [0.15, 0.2) is 5.82 Å². The molecule has 0 saturated carbocycles. The van der Waals surface area contributed by atoms with Gasteiger partial charge in [-0.2, -0.15) is 5.10 Å². The number of nitrogens with one attached hydrogen (secondary N) is 1. The van der Waals surface area contributed by atoms with Crippen LogP contribution in [0.5, 0.6) is 5.75 Å². The number of hydrogen-bond donors (Lipinski definition) is 3. The Morgan fingerprint density at radius 2 is 1.76 bits per heavy atom. The highest BCUT2D eigenvalue weighted by molar-refractivity contribution is 5.83. The van der Waals surface area contributed by atoms with Crippen LogP contribution in [-0.4, -0.2) is 29.3 Å². The Balaban J connectivity index is 1.65. The molecule has 9 heteroatoms. The van der Waals surface area contributed by atoms with Crippen molar-refractivity contribution in [2.45, 2.75) is 19.9 Å². The zero-order chi connectivity index (χ0) is 23.8. The molecule has 0 bridgehead atoms. The third-order valence-electron chi connectivity index (χ3n) is 5.70. The van der Waals surface area contributed by atoms with Gasteiger partial charge in [-0.05, 0) is 55.3 Å². The Morgan fingerprint density at radius 1 is 1.03 bits per heavy atom. The van der Waals surface area contributed by atoms with Crippen molar-refractivity contribution in [3.8, 4) is 22.6 Å². The minimum absolute atomic E-state index is 0.147. The highest BCUT2D eigenvalue weighted by atomic mass is 16.3. The number of hydrogen-bond acceptors (Lipinski definition) is 7. The first-order chi connectivity index (χ1) is 16.4. The van der Waals surface area contributed by atoms with E-state index < -0.39 is 6.04 Å². The molecular formula is C25H23N7O2. The van der Waals surface area contributed by atoms with E-state index in [4.69, 9.17) is 10.8 Å². The Hall–Kier alpha value is -4.66. The molecule has 5 aromatic rings. The van der Waals surface area contributed by atoms with Gasteiger partial charge in [0.05, 0.1) is 17.3 Å². The van der Waals surface area contributed by atoms with Crippen molar-refractivity contribution in [3.05, 3.63) is 94.9 Å². The van der Waals surface area contributed by atoms with Gasteiger partial charge in [-0.25, -0.2) is 14.5 Å². The number of nitrogen functional groups attached to an aromatic ring is 1. The first kappa shape index (κ1) is 21.2. The molecule has 0 saturated heterocycles. The van der Waals surface area contributed by atoms with Crippen LogP contribution in [0.25, 0.3) is 22.3 Å². The molecular weight excluding hydrogens is 430 g/mol. The highest BCUT2D eigenvalue weighted by Crippen LogP contribution is 2.33. The first-order valence-corrected chi connectivity index (χ1v) is 10.8. The number of para-hydroxylation sites is 1. The normalized spacial score (nSPS) is 12.1. The summed E-state index contributed by atoms with van der Waals surface area (Å²) >= 11 is 0. The summed E-state index contributed by atoms with van der Waals surface area (Å²) in [6.45, 7) is 3.80. The van der Waals surface area contributed by atoms with Crippen LogP contribution < -0.4 is 16.6 Å². The largest absolute Gasteiger partial charge is 0.508 e. The number of fused-ring (bicyclic) bond motifs is 1. The summed E-state index contributed by atoms with van der Waals surface area (Å²) in [7, 11) is 0. The molecule has 34 heavy (non-hydrogen) atoms. The van der Waals surface area contributed by atoms with Gasteiger partial charge in [0.2, 0.25) is 0 Å². The minimum atomic E-state index is -0.426. The molecule has 0 unspecified atom stereocenters. The second kappa shape index (κ2) is 8.36. The van der Waals surface area contributed by atoms with E-state index in [1.54, 1.807) is 39.5 Å². The second-order valence-electron chi connectivity index (χ2n) is 8.02. The Kier molecular flexibility index (Phi) is 5.21. The zero-order valence-electron chi connectivity index (χ0n) is 18.7. The molecule has 5 rings (SSSR count). The lowest BCUT2D eigenvalue weighted by atomic mass is 10.1. The lowest BCUT2D eigenvalue weighted by Gasteiger charge is -2.21. The average Bonchev–Trinajstić information content (AvgIpc) is 3.21. The molecule has 9 nitrogen and oxygen atoms in total. The van der Waals surface area contributed by atoms with Gasteiger partial charge >= 0.3 is 0 Å². The summed E-state index contributed by atoms with van der Waals surface area (Å²) in [6, 6.07) is 17.5. The molecule has 0 radical (unpaired) electrons. The molecule has 0 aliphatic carbocycles. The Morgan fingerprint density at radius 3 is 2.50 bits per heavy atom. The molecule has 2 aromatic carbocycles. The number of nitrogens with zero attached hydrogens (tertiary/aromatic N) is 5. The summed E-state index contributed by atoms with van der Waals surface area (Å²) in [4.78, 5) is 22.1. The topological polar surface area (TPSA) is 123 Å². The van der Waals surface area contributed by atoms with Crippen molar-refractivity contribution in [2.24, 2.45) is 0 Å². The van der Waals surface area contributed by atoms with Crippen LogP contribution in [0.3, 0.4) is 0 Å². The predicted molar refractivity (Wildman–Crippen MR) is 131 cm³/mol. The van der Waals surface area contributed by atoms with Gasteiger partial charge in [0.25, 0.3) is 5.56 Å². The van der Waals surface area contributed by atoms with Crippen molar-refractivity contribution in [1.29, 1.82) is 0 Å². The quantitative estimate of drug-likeness (QED) is 0.371. The van der Waals surface area contributed by atoms with Crippen LogP contribution in [0.2, 0.25) is 0 Å². The van der Waals surface area contributed by atoms with Crippen LogP contribution in [0.1, 0.15) is 24.4 Å². The van der Waals surface area contributed by atoms with Gasteiger partial charge in [-0.15, -0.1) is 0 Å². The number of phenolic OH excluding ortho intramolecular Hbond substituents is 1. The van der Waals surface area contributed by atoms with Crippen molar-refractivity contribution in [2.75, 3.05) is 11.1 Å². The van der Waals surface area contributed by atoms with Crippen LogP contribution in [0.15, 0.2) is 78.0 Å². The standard InChI is InChI=1S/C25H23N7O2/c1-15-12-13-31-21(15)25(34)32(18-6-4-3-5-7-18)24(30-31)16(2)29-23-20(22(26)27-14-28-23)17-8-10-19(33)11-9-17/h3-14,16,33H,1-2H3,(H3,26,27,28,29)/t16-/m0/s1. The number of aromatic hydroxyl groups is 1. The van der Waals surface area contributed by atoms with Crippen molar-refractivity contribution in [3.63, 3.8) is 0 Å². The van der Waals surface area contributed by atoms with Crippen molar-refractivity contribution < 1.29 is 5.11 Å². The number of benzene rings is 2. The van der Waals surface area contributed by atoms with Crippen molar-refractivity contribution in [1.82, 2.24) is 24.1 Å². The van der Waals surface area contributed by atoms with E-state index in [9.17, 15) is 9.90 Å². The van der Waals surface area contributed by atoms with Crippen LogP contribution in [-0.2, 0) is 0 Å². The average molecular weight is 454 g/mol. The van der Waals surface area contributed by atoms with Gasteiger partial charge in [-0.1, -0.05) is 30.3 Å². The molecule has 0 spiro atoms. The first-order valence-electron chi connectivity index (χ1n) is 10.8. The van der Waals surface area contributed by atoms with E-state index >= 15 is 0 Å². The lowest BCUT2D eigenvalue weighted by molar-refractivity contribution is 0.475. The summed E-state index contributed by atoms with van der Waals surface area (Å²) in [5.41, 5.74) is 9.48. The second-order valence-corrected chi connectivity index (χ2v) is 8.02. The number of phenols is 1. The molecule has 0 aliphatic heterocycles. The third-order valence-corrected chi connectivity index (χ3v) is 5.70. The zero-order valence-corrected chi connectivity index (χ0v) is 18.7. The predicted octanol–water partition coefficient (Wildman–Crippen LogP) is 3.71. The van der Waals surface area contributed by atoms with Gasteiger partial charge in [-0.3, -0.25) is 9.36 Å². The molecule has 3 heterocycles. The van der Waals surface area contributed by atoms with Gasteiger partial charge in [0, 0.05) is 6.20 Å². The maximum absolute atomic E-state index is 13.6. The SMILES string of the molecule is Cc1ccn2nc([C@H](C)Nc3ncnc(N)c3-c3ccc(O)cc3)n(-c3ccccc3)c(=O)c12. The molecule has 1 atom stereocenters. The highest BCUT2D eigenvalue weighted by Gasteiger charge is 2.21.